The number of fused-ring (bicyclic) bond motifs is 1. The lowest BCUT2D eigenvalue weighted by Gasteiger charge is -2.17. The summed E-state index contributed by atoms with van der Waals surface area (Å²) in [5.74, 6) is -0.851. The SMILES string of the molecule is N#Cc1cc(C=O)ccc1F.O=c1[nH]nc(CCc2ccc(F)c(Br)c2)c2c1CCCC2. The Balaban J connectivity index is 0.000000222. The molecule has 8 heteroatoms. The van der Waals surface area contributed by atoms with Gasteiger partial charge >= 0.3 is 0 Å². The third-order valence-corrected chi connectivity index (χ3v) is 5.87. The van der Waals surface area contributed by atoms with Crippen molar-refractivity contribution in [1.82, 2.24) is 10.2 Å². The number of rotatable bonds is 4. The summed E-state index contributed by atoms with van der Waals surface area (Å²) >= 11 is 3.20. The zero-order valence-corrected chi connectivity index (χ0v) is 18.7. The Bertz CT molecular complexity index is 1230. The van der Waals surface area contributed by atoms with Crippen LogP contribution in [0.1, 0.15) is 51.1 Å². The largest absolute Gasteiger partial charge is 0.298 e. The summed E-state index contributed by atoms with van der Waals surface area (Å²) < 4.78 is 26.3. The lowest BCUT2D eigenvalue weighted by atomic mass is 9.90. The molecular weight excluding hydrogens is 480 g/mol. The predicted octanol–water partition coefficient (Wildman–Crippen LogP) is 4.85. The first-order valence-electron chi connectivity index (χ1n) is 10.1. The maximum absolute atomic E-state index is 13.2. The van der Waals surface area contributed by atoms with Gasteiger partial charge in [-0.15, -0.1) is 0 Å². The van der Waals surface area contributed by atoms with Crippen LogP contribution in [0.15, 0.2) is 45.7 Å². The van der Waals surface area contributed by atoms with Crippen molar-refractivity contribution in [2.24, 2.45) is 0 Å². The Morgan fingerprint density at radius 2 is 1.78 bits per heavy atom. The van der Waals surface area contributed by atoms with E-state index >= 15 is 0 Å². The summed E-state index contributed by atoms with van der Waals surface area (Å²) in [5.41, 5.74) is 4.24. The summed E-state index contributed by atoms with van der Waals surface area (Å²) in [5, 5.41) is 15.2. The number of aldehydes is 1. The maximum Gasteiger partial charge on any atom is 0.267 e. The molecule has 5 nitrogen and oxygen atoms in total. The van der Waals surface area contributed by atoms with Crippen LogP contribution in [0, 0.1) is 23.0 Å². The zero-order chi connectivity index (χ0) is 23.1. The van der Waals surface area contributed by atoms with E-state index in [0.717, 1.165) is 67.0 Å². The molecule has 4 rings (SSSR count). The van der Waals surface area contributed by atoms with E-state index in [1.807, 2.05) is 0 Å². The fraction of sp³-hybridized carbons (Fsp3) is 0.250. The first-order chi connectivity index (χ1) is 15.4. The molecule has 1 aromatic heterocycles. The smallest absolute Gasteiger partial charge is 0.267 e. The quantitative estimate of drug-likeness (QED) is 0.520. The molecule has 164 valence electrons. The van der Waals surface area contributed by atoms with Crippen LogP contribution in [-0.2, 0) is 25.7 Å². The molecule has 0 radical (unpaired) electrons. The minimum atomic E-state index is -0.599. The van der Waals surface area contributed by atoms with Gasteiger partial charge < -0.3 is 0 Å². The fourth-order valence-corrected chi connectivity index (χ4v) is 4.02. The standard InChI is InChI=1S/C16H16BrFN2O.C8H4FNO/c17-13-9-10(5-7-14(13)18)6-8-15-11-3-1-2-4-12(11)16(21)20-19-15;9-8-2-1-6(5-11)3-7(8)4-10/h5,7,9H,1-4,6,8H2,(H,20,21);1-3,5H. The molecule has 0 bridgehead atoms. The molecule has 0 atom stereocenters. The van der Waals surface area contributed by atoms with Crippen LogP contribution in [0.25, 0.3) is 0 Å². The van der Waals surface area contributed by atoms with Crippen molar-refractivity contribution < 1.29 is 13.6 Å². The number of aryl methyl sites for hydroxylation is 2. The number of hydrogen-bond donors (Lipinski definition) is 1. The molecule has 2 aromatic carbocycles. The number of nitrogens with one attached hydrogen (secondary N) is 1. The molecule has 0 amide bonds. The average Bonchev–Trinajstić information content (AvgIpc) is 2.82. The molecule has 0 saturated carbocycles. The molecule has 0 fully saturated rings. The predicted molar refractivity (Wildman–Crippen MR) is 120 cm³/mol. The Labute approximate surface area is 192 Å². The third-order valence-electron chi connectivity index (χ3n) is 5.26. The third kappa shape index (κ3) is 5.74. The fourth-order valence-electron chi connectivity index (χ4n) is 3.59. The van der Waals surface area contributed by atoms with Gasteiger partial charge in [0.2, 0.25) is 0 Å². The van der Waals surface area contributed by atoms with Crippen LogP contribution in [0.3, 0.4) is 0 Å². The second-order valence-electron chi connectivity index (χ2n) is 7.38. The van der Waals surface area contributed by atoms with Gasteiger partial charge in [0.05, 0.1) is 15.7 Å². The molecule has 1 aliphatic carbocycles. The summed E-state index contributed by atoms with van der Waals surface area (Å²) in [6, 6.07) is 10.3. The monoisotopic (exact) mass is 499 g/mol. The van der Waals surface area contributed by atoms with Crippen molar-refractivity contribution in [3.05, 3.63) is 96.4 Å². The highest BCUT2D eigenvalue weighted by molar-refractivity contribution is 9.10. The lowest BCUT2D eigenvalue weighted by molar-refractivity contribution is 0.112. The molecule has 0 spiro atoms. The topological polar surface area (TPSA) is 86.6 Å². The van der Waals surface area contributed by atoms with Crippen molar-refractivity contribution in [3.8, 4) is 6.07 Å². The van der Waals surface area contributed by atoms with E-state index in [1.54, 1.807) is 18.2 Å². The van der Waals surface area contributed by atoms with E-state index in [4.69, 9.17) is 5.26 Å². The van der Waals surface area contributed by atoms with Gasteiger partial charge in [-0.1, -0.05) is 6.07 Å². The Morgan fingerprint density at radius 3 is 2.47 bits per heavy atom. The van der Waals surface area contributed by atoms with Gasteiger partial charge in [-0.05, 0) is 95.9 Å². The van der Waals surface area contributed by atoms with Crippen molar-refractivity contribution in [3.63, 3.8) is 0 Å². The molecule has 0 saturated heterocycles. The Hall–Kier alpha value is -3.18. The van der Waals surface area contributed by atoms with Gasteiger partial charge in [0, 0.05) is 11.1 Å². The molecule has 1 N–H and O–H groups in total. The summed E-state index contributed by atoms with van der Waals surface area (Å²) in [7, 11) is 0. The first-order valence-corrected chi connectivity index (χ1v) is 10.9. The number of halogens is 3. The Morgan fingerprint density at radius 1 is 1.06 bits per heavy atom. The molecule has 32 heavy (non-hydrogen) atoms. The average molecular weight is 500 g/mol. The summed E-state index contributed by atoms with van der Waals surface area (Å²) in [6.07, 6.45) is 6.09. The molecular formula is C24H20BrF2N3O2. The van der Waals surface area contributed by atoms with E-state index in [2.05, 4.69) is 26.1 Å². The number of carbonyl (C=O) groups excluding carboxylic acids is 1. The molecule has 0 aliphatic heterocycles. The van der Waals surface area contributed by atoms with Crippen LogP contribution < -0.4 is 5.56 Å². The van der Waals surface area contributed by atoms with Crippen molar-refractivity contribution >= 4 is 22.2 Å². The van der Waals surface area contributed by atoms with E-state index < -0.39 is 5.82 Å². The second-order valence-corrected chi connectivity index (χ2v) is 8.24. The van der Waals surface area contributed by atoms with Gasteiger partial charge in [0.25, 0.3) is 5.56 Å². The minimum Gasteiger partial charge on any atom is -0.298 e. The second kappa shape index (κ2) is 10.9. The number of carbonyl (C=O) groups is 1. The number of aromatic nitrogens is 2. The van der Waals surface area contributed by atoms with Crippen molar-refractivity contribution in [2.75, 3.05) is 0 Å². The number of nitriles is 1. The molecule has 1 aliphatic rings. The normalized spacial score (nSPS) is 12.2. The van der Waals surface area contributed by atoms with Gasteiger partial charge in [-0.3, -0.25) is 9.59 Å². The number of H-pyrrole nitrogens is 1. The van der Waals surface area contributed by atoms with Gasteiger partial charge in [-0.2, -0.15) is 10.4 Å². The summed E-state index contributed by atoms with van der Waals surface area (Å²) in [6.45, 7) is 0. The molecule has 1 heterocycles. The van der Waals surface area contributed by atoms with Gasteiger partial charge in [0.15, 0.2) is 0 Å². The maximum atomic E-state index is 13.2. The highest BCUT2D eigenvalue weighted by atomic mass is 79.9. The first kappa shape index (κ1) is 23.5. The molecule has 3 aromatic rings. The van der Waals surface area contributed by atoms with E-state index in [-0.39, 0.29) is 16.9 Å². The zero-order valence-electron chi connectivity index (χ0n) is 17.1. The van der Waals surface area contributed by atoms with Gasteiger partial charge in [-0.25, -0.2) is 13.9 Å². The number of aromatic amines is 1. The van der Waals surface area contributed by atoms with Crippen LogP contribution in [0.4, 0.5) is 8.78 Å². The van der Waals surface area contributed by atoms with Crippen LogP contribution in [0.2, 0.25) is 0 Å². The van der Waals surface area contributed by atoms with Crippen LogP contribution in [-0.4, -0.2) is 16.5 Å². The highest BCUT2D eigenvalue weighted by Gasteiger charge is 2.17. The van der Waals surface area contributed by atoms with Crippen LogP contribution >= 0.6 is 15.9 Å². The number of benzene rings is 2. The van der Waals surface area contributed by atoms with E-state index in [9.17, 15) is 18.4 Å². The van der Waals surface area contributed by atoms with E-state index in [0.29, 0.717) is 16.3 Å². The Kier molecular flexibility index (Phi) is 8.01. The summed E-state index contributed by atoms with van der Waals surface area (Å²) in [4.78, 5) is 22.0. The van der Waals surface area contributed by atoms with Crippen LogP contribution in [0.5, 0.6) is 0 Å². The number of hydrogen-bond acceptors (Lipinski definition) is 4. The number of nitrogens with zero attached hydrogens (tertiary/aromatic N) is 2. The highest BCUT2D eigenvalue weighted by Crippen LogP contribution is 2.22. The van der Waals surface area contributed by atoms with Crippen molar-refractivity contribution in [1.29, 1.82) is 5.26 Å². The minimum absolute atomic E-state index is 0.0435. The van der Waals surface area contributed by atoms with E-state index in [1.165, 1.54) is 18.2 Å². The molecule has 0 unspecified atom stereocenters. The lowest BCUT2D eigenvalue weighted by Crippen LogP contribution is -2.23. The van der Waals surface area contributed by atoms with Gasteiger partial charge in [0.1, 0.15) is 24.0 Å². The van der Waals surface area contributed by atoms with Crippen molar-refractivity contribution in [2.45, 2.75) is 38.5 Å².